The van der Waals surface area contributed by atoms with Crippen LogP contribution >= 0.6 is 11.3 Å². The Kier molecular flexibility index (Phi) is 4.54. The van der Waals surface area contributed by atoms with Crippen molar-refractivity contribution in [1.82, 2.24) is 19.7 Å². The molecule has 3 atom stereocenters. The van der Waals surface area contributed by atoms with Gasteiger partial charge < -0.3 is 0 Å². The third kappa shape index (κ3) is 3.26. The number of hydrazone groups is 1. The summed E-state index contributed by atoms with van der Waals surface area (Å²) in [6.07, 6.45) is 6.21. The van der Waals surface area contributed by atoms with Gasteiger partial charge in [-0.1, -0.05) is 6.42 Å². The summed E-state index contributed by atoms with van der Waals surface area (Å²) < 4.78 is 28.5. The van der Waals surface area contributed by atoms with Gasteiger partial charge in [-0.05, 0) is 31.9 Å². The molecular formula is C17H21N5O2S2. The van der Waals surface area contributed by atoms with Crippen LogP contribution in [-0.4, -0.2) is 48.7 Å². The van der Waals surface area contributed by atoms with Crippen LogP contribution in [-0.2, 0) is 10.0 Å². The van der Waals surface area contributed by atoms with Crippen LogP contribution in [0.3, 0.4) is 0 Å². The number of likely N-dealkylation sites (N-methyl/N-ethyl adjacent to an activating group) is 1. The quantitative estimate of drug-likeness (QED) is 0.864. The number of hydrogen-bond acceptors (Lipinski definition) is 7. The smallest absolute Gasteiger partial charge is 0.242 e. The van der Waals surface area contributed by atoms with E-state index in [9.17, 15) is 8.42 Å². The first-order chi connectivity index (χ1) is 12.4. The Labute approximate surface area is 157 Å². The number of thiazole rings is 1. The molecule has 0 saturated heterocycles. The Morgan fingerprint density at radius 3 is 2.81 bits per heavy atom. The fraction of sp³-hybridized carbons (Fsp3) is 0.471. The third-order valence-corrected chi connectivity index (χ3v) is 7.26. The largest absolute Gasteiger partial charge is 0.295 e. The highest BCUT2D eigenvalue weighted by Gasteiger charge is 2.40. The predicted octanol–water partition coefficient (Wildman–Crippen LogP) is 2.26. The second kappa shape index (κ2) is 6.71. The molecular weight excluding hydrogens is 370 g/mol. The fourth-order valence-electron chi connectivity index (χ4n) is 3.75. The maximum Gasteiger partial charge on any atom is 0.242 e. The highest BCUT2D eigenvalue weighted by molar-refractivity contribution is 7.89. The number of rotatable bonds is 4. The summed E-state index contributed by atoms with van der Waals surface area (Å²) in [7, 11) is -1.73. The molecule has 0 spiro atoms. The Balaban J connectivity index is 1.53. The lowest BCUT2D eigenvalue weighted by atomic mass is 9.83. The van der Waals surface area contributed by atoms with Crippen molar-refractivity contribution in [2.45, 2.75) is 43.2 Å². The molecule has 0 amide bonds. The SMILES string of the molecule is Cc1nc(-c2ccc(S(=O)(=O)NC3CCCC4C=NN(C)C43)cn2)cs1. The first-order valence-electron chi connectivity index (χ1n) is 8.62. The number of hydrogen-bond donors (Lipinski definition) is 1. The third-order valence-electron chi connectivity index (χ3n) is 5.01. The number of aryl methyl sites for hydroxylation is 1. The molecule has 2 aliphatic rings. The zero-order valence-electron chi connectivity index (χ0n) is 14.7. The van der Waals surface area contributed by atoms with E-state index in [4.69, 9.17) is 0 Å². The zero-order valence-corrected chi connectivity index (χ0v) is 16.3. The maximum absolute atomic E-state index is 12.8. The van der Waals surface area contributed by atoms with E-state index < -0.39 is 10.0 Å². The van der Waals surface area contributed by atoms with Gasteiger partial charge in [0, 0.05) is 36.8 Å². The van der Waals surface area contributed by atoms with Crippen LogP contribution in [0.1, 0.15) is 24.3 Å². The Hall–Kier alpha value is -1.84. The van der Waals surface area contributed by atoms with Crippen molar-refractivity contribution in [3.63, 3.8) is 0 Å². The molecule has 2 aromatic heterocycles. The number of sulfonamides is 1. The fourth-order valence-corrected chi connectivity index (χ4v) is 5.59. The van der Waals surface area contributed by atoms with E-state index in [1.165, 1.54) is 6.20 Å². The van der Waals surface area contributed by atoms with E-state index in [0.717, 1.165) is 30.0 Å². The van der Waals surface area contributed by atoms with Gasteiger partial charge in [-0.3, -0.25) is 9.99 Å². The second-order valence-electron chi connectivity index (χ2n) is 6.78. The number of pyridine rings is 1. The minimum atomic E-state index is -3.63. The summed E-state index contributed by atoms with van der Waals surface area (Å²) in [5.41, 5.74) is 1.44. The normalized spacial score (nSPS) is 25.5. The van der Waals surface area contributed by atoms with Crippen LogP contribution < -0.4 is 4.72 Å². The van der Waals surface area contributed by atoms with Crippen molar-refractivity contribution in [1.29, 1.82) is 0 Å². The molecule has 0 aromatic carbocycles. The molecule has 9 heteroatoms. The van der Waals surface area contributed by atoms with Crippen molar-refractivity contribution in [2.75, 3.05) is 7.05 Å². The minimum absolute atomic E-state index is 0.0868. The standard InChI is InChI=1S/C17H21N5O2S2/c1-11-20-16(10-25-11)14-7-6-13(9-18-14)26(23,24)21-15-5-3-4-12-8-19-22(2)17(12)15/h6-10,12,15,17,21H,3-5H2,1-2H3. The average Bonchev–Trinajstić information content (AvgIpc) is 3.22. The van der Waals surface area contributed by atoms with Gasteiger partial charge in [0.05, 0.1) is 22.4 Å². The maximum atomic E-state index is 12.8. The Morgan fingerprint density at radius 2 is 2.12 bits per heavy atom. The lowest BCUT2D eigenvalue weighted by Gasteiger charge is -2.36. The van der Waals surface area contributed by atoms with E-state index in [1.54, 1.807) is 23.5 Å². The van der Waals surface area contributed by atoms with Crippen LogP contribution in [0.2, 0.25) is 0 Å². The van der Waals surface area contributed by atoms with E-state index in [-0.39, 0.29) is 17.0 Å². The van der Waals surface area contributed by atoms with Crippen molar-refractivity contribution in [3.8, 4) is 11.4 Å². The van der Waals surface area contributed by atoms with Crippen LogP contribution in [0, 0.1) is 12.8 Å². The van der Waals surface area contributed by atoms with Crippen molar-refractivity contribution >= 4 is 27.6 Å². The minimum Gasteiger partial charge on any atom is -0.295 e. The first kappa shape index (κ1) is 17.6. The summed E-state index contributed by atoms with van der Waals surface area (Å²) >= 11 is 1.54. The number of aromatic nitrogens is 2. The highest BCUT2D eigenvalue weighted by atomic mass is 32.2. The molecule has 26 heavy (non-hydrogen) atoms. The van der Waals surface area contributed by atoms with Crippen LogP contribution in [0.15, 0.2) is 33.7 Å². The molecule has 4 rings (SSSR count). The van der Waals surface area contributed by atoms with E-state index >= 15 is 0 Å². The summed E-state index contributed by atoms with van der Waals surface area (Å²) in [6, 6.07) is 3.24. The summed E-state index contributed by atoms with van der Waals surface area (Å²) in [4.78, 5) is 8.85. The van der Waals surface area contributed by atoms with E-state index in [2.05, 4.69) is 19.8 Å². The van der Waals surface area contributed by atoms with Crippen LogP contribution in [0.25, 0.3) is 11.4 Å². The molecule has 1 fully saturated rings. The van der Waals surface area contributed by atoms with Gasteiger partial charge in [-0.2, -0.15) is 5.10 Å². The lowest BCUT2D eigenvalue weighted by molar-refractivity contribution is 0.165. The van der Waals surface area contributed by atoms with Crippen molar-refractivity contribution in [3.05, 3.63) is 28.7 Å². The number of nitrogens with one attached hydrogen (secondary N) is 1. The average molecular weight is 392 g/mol. The number of fused-ring (bicyclic) bond motifs is 1. The topological polar surface area (TPSA) is 87.5 Å². The first-order valence-corrected chi connectivity index (χ1v) is 11.0. The monoisotopic (exact) mass is 391 g/mol. The van der Waals surface area contributed by atoms with Gasteiger partial charge in [0.15, 0.2) is 0 Å². The molecule has 7 nitrogen and oxygen atoms in total. The molecule has 1 aliphatic heterocycles. The van der Waals surface area contributed by atoms with Gasteiger partial charge >= 0.3 is 0 Å². The molecule has 1 aliphatic carbocycles. The Morgan fingerprint density at radius 1 is 1.27 bits per heavy atom. The molecule has 0 radical (unpaired) electrons. The lowest BCUT2D eigenvalue weighted by Crippen LogP contribution is -2.52. The molecule has 1 N–H and O–H groups in total. The van der Waals surface area contributed by atoms with E-state index in [0.29, 0.717) is 11.6 Å². The van der Waals surface area contributed by atoms with Crippen LogP contribution in [0.5, 0.6) is 0 Å². The molecule has 0 bridgehead atoms. The molecule has 138 valence electrons. The van der Waals surface area contributed by atoms with Gasteiger partial charge in [-0.15, -0.1) is 11.3 Å². The Bertz CT molecular complexity index is 923. The number of nitrogens with zero attached hydrogens (tertiary/aromatic N) is 4. The second-order valence-corrected chi connectivity index (χ2v) is 9.56. The van der Waals surface area contributed by atoms with Crippen molar-refractivity contribution < 1.29 is 8.42 Å². The zero-order chi connectivity index (χ0) is 18.3. The predicted molar refractivity (Wildman–Crippen MR) is 102 cm³/mol. The van der Waals surface area contributed by atoms with Gasteiger partial charge in [-0.25, -0.2) is 18.1 Å². The molecule has 2 aromatic rings. The molecule has 1 saturated carbocycles. The highest BCUT2D eigenvalue weighted by Crippen LogP contribution is 2.31. The van der Waals surface area contributed by atoms with Gasteiger partial charge in [0.2, 0.25) is 10.0 Å². The molecule has 3 heterocycles. The van der Waals surface area contributed by atoms with Crippen molar-refractivity contribution in [2.24, 2.45) is 11.0 Å². The van der Waals surface area contributed by atoms with Gasteiger partial charge in [0.25, 0.3) is 0 Å². The summed E-state index contributed by atoms with van der Waals surface area (Å²) in [6.45, 7) is 1.93. The van der Waals surface area contributed by atoms with Gasteiger partial charge in [0.1, 0.15) is 4.90 Å². The molecule has 3 unspecified atom stereocenters. The van der Waals surface area contributed by atoms with Crippen LogP contribution in [0.4, 0.5) is 0 Å². The summed E-state index contributed by atoms with van der Waals surface area (Å²) in [5, 5.41) is 9.09. The van der Waals surface area contributed by atoms with E-state index in [1.807, 2.05) is 30.6 Å². The summed E-state index contributed by atoms with van der Waals surface area (Å²) in [5.74, 6) is 0.315.